The van der Waals surface area contributed by atoms with Gasteiger partial charge in [0, 0.05) is 32.1 Å². The summed E-state index contributed by atoms with van der Waals surface area (Å²) in [4.78, 5) is 26.3. The van der Waals surface area contributed by atoms with Crippen molar-refractivity contribution in [3.8, 4) is 0 Å². The molecule has 1 heterocycles. The van der Waals surface area contributed by atoms with Crippen molar-refractivity contribution in [3.05, 3.63) is 0 Å². The third-order valence-electron chi connectivity index (χ3n) is 4.30. The van der Waals surface area contributed by atoms with E-state index in [1.165, 1.54) is 12.8 Å². The molecule has 2 aliphatic rings. The van der Waals surface area contributed by atoms with Gasteiger partial charge in [0.15, 0.2) is 0 Å². The fraction of sp³-hybridized carbons (Fsp3) is 0.867. The van der Waals surface area contributed by atoms with Crippen LogP contribution in [0.25, 0.3) is 0 Å². The van der Waals surface area contributed by atoms with E-state index in [4.69, 9.17) is 0 Å². The molecule has 2 fully saturated rings. The van der Waals surface area contributed by atoms with Crippen molar-refractivity contribution in [3.63, 3.8) is 0 Å². The highest BCUT2D eigenvalue weighted by molar-refractivity contribution is 5.82. The van der Waals surface area contributed by atoms with Crippen molar-refractivity contribution in [1.82, 2.24) is 15.5 Å². The van der Waals surface area contributed by atoms with Gasteiger partial charge in [0.2, 0.25) is 11.8 Å². The smallest absolute Gasteiger partial charge is 0.226 e. The van der Waals surface area contributed by atoms with Crippen LogP contribution < -0.4 is 10.6 Å². The third kappa shape index (κ3) is 4.20. The molecular formula is C15H27N3O2. The molecule has 0 radical (unpaired) electrons. The normalized spacial score (nSPS) is 24.3. The number of nitrogens with zero attached hydrogens (tertiary/aromatic N) is 1. The highest BCUT2D eigenvalue weighted by Gasteiger charge is 2.31. The number of hydrogen-bond donors (Lipinski definition) is 2. The SMILES string of the molecule is CNCC(C)C(=O)N1CCCC(C(=O)NCC2CC2)C1. The van der Waals surface area contributed by atoms with E-state index in [2.05, 4.69) is 10.6 Å². The van der Waals surface area contributed by atoms with Gasteiger partial charge in [-0.15, -0.1) is 0 Å². The summed E-state index contributed by atoms with van der Waals surface area (Å²) < 4.78 is 0. The van der Waals surface area contributed by atoms with E-state index < -0.39 is 0 Å². The summed E-state index contributed by atoms with van der Waals surface area (Å²) in [6.45, 7) is 4.83. The van der Waals surface area contributed by atoms with Crippen molar-refractivity contribution in [2.75, 3.05) is 33.2 Å². The van der Waals surface area contributed by atoms with Gasteiger partial charge in [0.1, 0.15) is 0 Å². The van der Waals surface area contributed by atoms with Gasteiger partial charge in [-0.05, 0) is 38.6 Å². The molecule has 5 heteroatoms. The second-order valence-electron chi connectivity index (χ2n) is 6.27. The van der Waals surface area contributed by atoms with Gasteiger partial charge in [0.25, 0.3) is 0 Å². The first-order valence-corrected chi connectivity index (χ1v) is 7.83. The molecule has 0 aromatic carbocycles. The highest BCUT2D eigenvalue weighted by Crippen LogP contribution is 2.28. The number of piperidine rings is 1. The zero-order valence-electron chi connectivity index (χ0n) is 12.7. The summed E-state index contributed by atoms with van der Waals surface area (Å²) >= 11 is 0. The van der Waals surface area contributed by atoms with E-state index in [9.17, 15) is 9.59 Å². The minimum Gasteiger partial charge on any atom is -0.356 e. The quantitative estimate of drug-likeness (QED) is 0.750. The number of likely N-dealkylation sites (tertiary alicyclic amines) is 1. The standard InChI is InChI=1S/C15H27N3O2/c1-11(8-16-2)15(20)18-7-3-4-13(10-18)14(19)17-9-12-5-6-12/h11-13,16H,3-10H2,1-2H3,(H,17,19). The van der Waals surface area contributed by atoms with Gasteiger partial charge in [-0.1, -0.05) is 6.92 Å². The highest BCUT2D eigenvalue weighted by atomic mass is 16.2. The second-order valence-corrected chi connectivity index (χ2v) is 6.27. The lowest BCUT2D eigenvalue weighted by atomic mass is 9.96. The molecule has 0 bridgehead atoms. The van der Waals surface area contributed by atoms with Crippen molar-refractivity contribution < 1.29 is 9.59 Å². The Hall–Kier alpha value is -1.10. The first-order chi connectivity index (χ1) is 9.61. The fourth-order valence-corrected chi connectivity index (χ4v) is 2.81. The molecule has 2 rings (SSSR count). The number of rotatable bonds is 6. The molecule has 1 aliphatic carbocycles. The van der Waals surface area contributed by atoms with Gasteiger partial charge in [-0.25, -0.2) is 0 Å². The van der Waals surface area contributed by atoms with Crippen LogP contribution in [0.15, 0.2) is 0 Å². The minimum atomic E-state index is -0.0202. The van der Waals surface area contributed by atoms with Gasteiger partial charge in [-0.2, -0.15) is 0 Å². The summed E-state index contributed by atoms with van der Waals surface area (Å²) in [5.74, 6) is 0.965. The third-order valence-corrected chi connectivity index (χ3v) is 4.30. The van der Waals surface area contributed by atoms with E-state index in [0.29, 0.717) is 19.0 Å². The lowest BCUT2D eigenvalue weighted by Gasteiger charge is -2.33. The summed E-state index contributed by atoms with van der Waals surface area (Å²) in [6.07, 6.45) is 4.33. The largest absolute Gasteiger partial charge is 0.356 e. The molecule has 2 unspecified atom stereocenters. The predicted octanol–water partition coefficient (Wildman–Crippen LogP) is 0.607. The number of hydrogen-bond acceptors (Lipinski definition) is 3. The van der Waals surface area contributed by atoms with Gasteiger partial charge >= 0.3 is 0 Å². The first-order valence-electron chi connectivity index (χ1n) is 7.83. The zero-order chi connectivity index (χ0) is 14.5. The second kappa shape index (κ2) is 7.07. The van der Waals surface area contributed by atoms with Crippen molar-refractivity contribution in [1.29, 1.82) is 0 Å². The Kier molecular flexibility index (Phi) is 5.40. The lowest BCUT2D eigenvalue weighted by molar-refractivity contribution is -0.138. The zero-order valence-corrected chi connectivity index (χ0v) is 12.7. The topological polar surface area (TPSA) is 61.4 Å². The van der Waals surface area contributed by atoms with Crippen LogP contribution in [-0.4, -0.2) is 49.9 Å². The molecule has 1 saturated heterocycles. The minimum absolute atomic E-state index is 0.0201. The molecule has 0 aromatic rings. The molecule has 1 aliphatic heterocycles. The molecule has 20 heavy (non-hydrogen) atoms. The van der Waals surface area contributed by atoms with Crippen LogP contribution in [0.2, 0.25) is 0 Å². The molecule has 0 spiro atoms. The van der Waals surface area contributed by atoms with Gasteiger partial charge in [-0.3, -0.25) is 9.59 Å². The summed E-state index contributed by atoms with van der Waals surface area (Å²) in [5.41, 5.74) is 0. The molecule has 2 amide bonds. The van der Waals surface area contributed by atoms with Crippen LogP contribution in [0, 0.1) is 17.8 Å². The molecule has 0 aromatic heterocycles. The average molecular weight is 281 g/mol. The van der Waals surface area contributed by atoms with Crippen LogP contribution in [0.3, 0.4) is 0 Å². The fourth-order valence-electron chi connectivity index (χ4n) is 2.81. The van der Waals surface area contributed by atoms with Crippen molar-refractivity contribution >= 4 is 11.8 Å². The maximum atomic E-state index is 12.3. The number of amides is 2. The van der Waals surface area contributed by atoms with Crippen LogP contribution in [0.4, 0.5) is 0 Å². The Labute approximate surface area is 121 Å². The number of nitrogens with one attached hydrogen (secondary N) is 2. The number of carbonyl (C=O) groups excluding carboxylic acids is 2. The molecular weight excluding hydrogens is 254 g/mol. The van der Waals surface area contributed by atoms with Gasteiger partial charge in [0.05, 0.1) is 5.92 Å². The monoisotopic (exact) mass is 281 g/mol. The summed E-state index contributed by atoms with van der Waals surface area (Å²) in [6, 6.07) is 0. The molecule has 5 nitrogen and oxygen atoms in total. The molecule has 1 saturated carbocycles. The molecule has 114 valence electrons. The maximum absolute atomic E-state index is 12.3. The van der Waals surface area contributed by atoms with Gasteiger partial charge < -0.3 is 15.5 Å². The Morgan fingerprint density at radius 1 is 1.30 bits per heavy atom. The van der Waals surface area contributed by atoms with Crippen LogP contribution in [0.1, 0.15) is 32.6 Å². The van der Waals surface area contributed by atoms with Crippen molar-refractivity contribution in [2.24, 2.45) is 17.8 Å². The number of carbonyl (C=O) groups is 2. The van der Waals surface area contributed by atoms with E-state index >= 15 is 0 Å². The Balaban J connectivity index is 1.80. The maximum Gasteiger partial charge on any atom is 0.226 e. The van der Waals surface area contributed by atoms with Crippen LogP contribution >= 0.6 is 0 Å². The Morgan fingerprint density at radius 2 is 2.05 bits per heavy atom. The Morgan fingerprint density at radius 3 is 2.70 bits per heavy atom. The van der Waals surface area contributed by atoms with Crippen LogP contribution in [-0.2, 0) is 9.59 Å². The Bertz CT molecular complexity index is 355. The molecule has 2 atom stereocenters. The van der Waals surface area contributed by atoms with Crippen molar-refractivity contribution in [2.45, 2.75) is 32.6 Å². The predicted molar refractivity (Wildman–Crippen MR) is 78.1 cm³/mol. The van der Waals surface area contributed by atoms with E-state index in [0.717, 1.165) is 25.9 Å². The van der Waals surface area contributed by atoms with E-state index in [1.54, 1.807) is 0 Å². The summed E-state index contributed by atoms with van der Waals surface area (Å²) in [5, 5.41) is 6.07. The van der Waals surface area contributed by atoms with Crippen LogP contribution in [0.5, 0.6) is 0 Å². The lowest BCUT2D eigenvalue weighted by Crippen LogP contribution is -2.48. The first kappa shape index (κ1) is 15.3. The average Bonchev–Trinajstić information content (AvgIpc) is 3.28. The van der Waals surface area contributed by atoms with E-state index in [1.807, 2.05) is 18.9 Å². The molecule has 2 N–H and O–H groups in total. The van der Waals surface area contributed by atoms with E-state index in [-0.39, 0.29) is 23.7 Å². The summed E-state index contributed by atoms with van der Waals surface area (Å²) in [7, 11) is 1.86.